The number of rotatable bonds is 0. The van der Waals surface area contributed by atoms with E-state index in [-0.39, 0.29) is 0 Å². The van der Waals surface area contributed by atoms with Gasteiger partial charge in [0.1, 0.15) is 0 Å². The second kappa shape index (κ2) is 3100. The maximum Gasteiger partial charge on any atom is 0.0606 e. The van der Waals surface area contributed by atoms with Crippen molar-refractivity contribution >= 4 is 7.85 Å². The first-order chi connectivity index (χ1) is 2.41. The van der Waals surface area contributed by atoms with Crippen molar-refractivity contribution in [3.05, 3.63) is 0 Å². The molecule has 0 fully saturated rings. The molecule has 0 aliphatic heterocycles. The van der Waals surface area contributed by atoms with Gasteiger partial charge >= 0.3 is 0 Å². The maximum atomic E-state index is 6.21. The van der Waals surface area contributed by atoms with Gasteiger partial charge < -0.3 is 0 Å². The second-order valence-corrected chi connectivity index (χ2v) is 0. The molecule has 0 nitrogen and oxygen atoms in total. The van der Waals surface area contributed by atoms with Gasteiger partial charge in [0.2, 0.25) is 0 Å². The van der Waals surface area contributed by atoms with Crippen molar-refractivity contribution in [1.29, 1.82) is 0 Å². The van der Waals surface area contributed by atoms with E-state index in [1.54, 1.807) is 6.92 Å². The summed E-state index contributed by atoms with van der Waals surface area (Å²) in [6, 6.07) is 0. The van der Waals surface area contributed by atoms with Crippen LogP contribution in [0.2, 0.25) is 6.82 Å². The van der Waals surface area contributed by atoms with Crippen LogP contribution >= 0.6 is 0 Å². The molecule has 0 N–H and O–H groups in total. The summed E-state index contributed by atoms with van der Waals surface area (Å²) >= 11 is 0. The lowest BCUT2D eigenvalue weighted by Gasteiger charge is -1.07. The summed E-state index contributed by atoms with van der Waals surface area (Å²) < 4.78 is 6.21. The Morgan fingerprint density at radius 3 is 1.75 bits per heavy atom. The van der Waals surface area contributed by atoms with Crippen LogP contribution < -0.4 is 0 Å². The SMILES string of the molecule is [3H]CC.[B]C. The molecule has 0 heterocycles. The third kappa shape index (κ3) is 555. The van der Waals surface area contributed by atoms with Crippen LogP contribution in [0.25, 0.3) is 0 Å². The fourth-order valence-corrected chi connectivity index (χ4v) is 0. The molecule has 0 aromatic rings. The smallest absolute Gasteiger partial charge is 0.0606 e. The first-order valence-corrected chi connectivity index (χ1v) is 1.28. The van der Waals surface area contributed by atoms with Crippen LogP contribution in [0, 0.1) is 0 Å². The van der Waals surface area contributed by atoms with E-state index in [4.69, 9.17) is 1.37 Å². The van der Waals surface area contributed by atoms with Crippen LogP contribution in [0.5, 0.6) is 0 Å². The predicted molar refractivity (Wildman–Crippen MR) is 23.0 cm³/mol. The molecular weight excluding hydrogens is 46.8 g/mol. The summed E-state index contributed by atoms with van der Waals surface area (Å²) in [5.41, 5.74) is 0. The van der Waals surface area contributed by atoms with Crippen LogP contribution in [0.4, 0.5) is 0 Å². The predicted octanol–water partition coefficient (Wildman–Crippen LogP) is 1.23. The molecule has 24 valence electrons. The minimum Gasteiger partial charge on any atom is -0.0999 e. The Kier molecular flexibility index (Phi) is 3150. The van der Waals surface area contributed by atoms with Gasteiger partial charge in [-0.1, -0.05) is 20.6 Å². The van der Waals surface area contributed by atoms with E-state index >= 15 is 0 Å². The monoisotopic (exact) mass is 58.1 g/mol. The van der Waals surface area contributed by atoms with E-state index < -0.39 is 0 Å². The second-order valence-electron chi connectivity index (χ2n) is 0. The topological polar surface area (TPSA) is 0 Å². The minimum atomic E-state index is 0.500. The van der Waals surface area contributed by atoms with E-state index in [0.29, 0.717) is 6.90 Å². The first-order valence-electron chi connectivity index (χ1n) is 1.99. The molecular formula is C3H9B. The molecule has 0 bridgehead atoms. The van der Waals surface area contributed by atoms with Crippen molar-refractivity contribution in [2.45, 2.75) is 20.6 Å². The molecule has 0 aliphatic rings. The van der Waals surface area contributed by atoms with E-state index in [1.807, 2.05) is 0 Å². The molecule has 0 saturated heterocycles. The zero-order valence-corrected chi connectivity index (χ0v) is 3.28. The van der Waals surface area contributed by atoms with Gasteiger partial charge in [0.25, 0.3) is 0 Å². The zero-order chi connectivity index (χ0) is 4.71. The fraction of sp³-hybridized carbons (Fsp3) is 1.00. The molecule has 0 aliphatic carbocycles. The molecule has 0 saturated carbocycles. The third-order valence-corrected chi connectivity index (χ3v) is 0. The van der Waals surface area contributed by atoms with Gasteiger partial charge in [0, 0.05) is 1.37 Å². The molecule has 2 radical (unpaired) electrons. The van der Waals surface area contributed by atoms with Gasteiger partial charge in [-0.25, -0.2) is 0 Å². The van der Waals surface area contributed by atoms with Crippen LogP contribution in [0.15, 0.2) is 0 Å². The Hall–Kier alpha value is 0.0649. The average Bonchev–Trinajstić information content (AvgIpc) is 1.46. The van der Waals surface area contributed by atoms with Crippen molar-refractivity contribution in [2.75, 3.05) is 0 Å². The van der Waals surface area contributed by atoms with Crippen molar-refractivity contribution < 1.29 is 1.37 Å². The van der Waals surface area contributed by atoms with E-state index in [9.17, 15) is 0 Å². The maximum absolute atomic E-state index is 6.21. The van der Waals surface area contributed by atoms with Crippen LogP contribution in [0.3, 0.4) is 0 Å². The quantitative estimate of drug-likeness (QED) is 0.367. The van der Waals surface area contributed by atoms with Crippen LogP contribution in [0.1, 0.15) is 15.2 Å². The Balaban J connectivity index is 0. The molecule has 0 aromatic carbocycles. The fourth-order valence-electron chi connectivity index (χ4n) is 0. The highest BCUT2D eigenvalue weighted by atomic mass is 13.0. The standard InChI is InChI=1S/C2H6.CH3B/c2*1-2/h1-2H3;1H3/i1T;. The molecule has 0 atom stereocenters. The zero-order valence-electron chi connectivity index (χ0n) is 4.28. The molecule has 0 spiro atoms. The Morgan fingerprint density at radius 2 is 1.75 bits per heavy atom. The van der Waals surface area contributed by atoms with Crippen molar-refractivity contribution in [2.24, 2.45) is 0 Å². The summed E-state index contributed by atoms with van der Waals surface area (Å²) in [5.74, 6) is 0. The van der Waals surface area contributed by atoms with Crippen molar-refractivity contribution in [3.63, 3.8) is 0 Å². The first kappa shape index (κ1) is 4.06. The summed E-state index contributed by atoms with van der Waals surface area (Å²) in [6.45, 7) is 3.79. The average molecular weight is 57.9 g/mol. The summed E-state index contributed by atoms with van der Waals surface area (Å²) in [7, 11) is 4.50. The molecule has 0 aromatic heterocycles. The highest BCUT2D eigenvalue weighted by molar-refractivity contribution is 6.05. The Bertz CT molecular complexity index is 6.85. The van der Waals surface area contributed by atoms with Gasteiger partial charge in [0.05, 0.1) is 7.85 Å². The summed E-state index contributed by atoms with van der Waals surface area (Å²) in [6.07, 6.45) is 0. The molecule has 0 unspecified atom stereocenters. The summed E-state index contributed by atoms with van der Waals surface area (Å²) in [5, 5.41) is 0. The highest BCUT2D eigenvalue weighted by Crippen LogP contribution is 1.14. The molecule has 0 rings (SSSR count). The Morgan fingerprint density at radius 1 is 1.75 bits per heavy atom. The Labute approximate surface area is 31.0 Å². The lowest BCUT2D eigenvalue weighted by atomic mass is 10.2. The highest BCUT2D eigenvalue weighted by Gasteiger charge is 0.984. The minimum absolute atomic E-state index is 0.500. The van der Waals surface area contributed by atoms with Gasteiger partial charge in [-0.3, -0.25) is 0 Å². The largest absolute Gasteiger partial charge is 0.0999 e. The normalized spacial score (nSPS) is 6.00. The molecule has 0 amide bonds. The number of hydrogen-bond acceptors (Lipinski definition) is 0. The lowest BCUT2D eigenvalue weighted by Crippen LogP contribution is -1.13. The van der Waals surface area contributed by atoms with Crippen molar-refractivity contribution in [3.8, 4) is 0 Å². The van der Waals surface area contributed by atoms with E-state index in [2.05, 4.69) is 7.85 Å². The van der Waals surface area contributed by atoms with Crippen LogP contribution in [-0.4, -0.2) is 7.85 Å². The van der Waals surface area contributed by atoms with Gasteiger partial charge in [-0.15, -0.1) is 0 Å². The van der Waals surface area contributed by atoms with Gasteiger partial charge in [-0.2, -0.15) is 0 Å². The van der Waals surface area contributed by atoms with Gasteiger partial charge in [-0.05, 0) is 0 Å². The number of hydrogen-bond donors (Lipinski definition) is 0. The van der Waals surface area contributed by atoms with Gasteiger partial charge in [0.15, 0.2) is 0 Å². The molecule has 1 heteroatoms. The lowest BCUT2D eigenvalue weighted by molar-refractivity contribution is 1.50. The van der Waals surface area contributed by atoms with E-state index in [1.165, 1.54) is 6.82 Å². The van der Waals surface area contributed by atoms with E-state index in [0.717, 1.165) is 0 Å². The van der Waals surface area contributed by atoms with Crippen molar-refractivity contribution in [1.82, 2.24) is 0 Å². The third-order valence-electron chi connectivity index (χ3n) is 0. The summed E-state index contributed by atoms with van der Waals surface area (Å²) in [4.78, 5) is 0. The van der Waals surface area contributed by atoms with Crippen LogP contribution in [-0.2, 0) is 0 Å². The molecule has 4 heavy (non-hydrogen) atoms.